The first-order chi connectivity index (χ1) is 15.0. The number of halogens is 2. The average Bonchev–Trinajstić information content (AvgIpc) is 3.35. The predicted octanol–water partition coefficient (Wildman–Crippen LogP) is 4.06. The van der Waals surface area contributed by atoms with E-state index in [9.17, 15) is 18.4 Å². The molecular formula is C22H11F2N3O4. The molecule has 0 radical (unpaired) electrons. The monoisotopic (exact) mass is 419 g/mol. The van der Waals surface area contributed by atoms with E-state index < -0.39 is 22.8 Å². The van der Waals surface area contributed by atoms with Crippen molar-refractivity contribution >= 4 is 43.9 Å². The lowest BCUT2D eigenvalue weighted by Gasteiger charge is -2.08. The van der Waals surface area contributed by atoms with Crippen LogP contribution >= 0.6 is 0 Å². The Morgan fingerprint density at radius 3 is 2.81 bits per heavy atom. The van der Waals surface area contributed by atoms with Crippen molar-refractivity contribution in [3.05, 3.63) is 87.0 Å². The molecule has 0 fully saturated rings. The van der Waals surface area contributed by atoms with Crippen molar-refractivity contribution in [3.8, 4) is 0 Å². The van der Waals surface area contributed by atoms with Crippen LogP contribution in [-0.4, -0.2) is 14.5 Å². The zero-order valence-corrected chi connectivity index (χ0v) is 15.6. The second-order valence-electron chi connectivity index (χ2n) is 7.14. The number of nitrogens with one attached hydrogen (secondary N) is 1. The van der Waals surface area contributed by atoms with Crippen LogP contribution in [0, 0.1) is 11.6 Å². The molecule has 0 amide bonds. The fourth-order valence-corrected chi connectivity index (χ4v) is 4.13. The van der Waals surface area contributed by atoms with Crippen molar-refractivity contribution in [2.45, 2.75) is 6.54 Å². The molecule has 7 nitrogen and oxygen atoms in total. The number of nitrogens with zero attached hydrogens (tertiary/aromatic N) is 2. The summed E-state index contributed by atoms with van der Waals surface area (Å²) in [6.45, 7) is -0.196. The average molecular weight is 419 g/mol. The molecule has 0 aliphatic carbocycles. The molecule has 0 atom stereocenters. The molecule has 31 heavy (non-hydrogen) atoms. The van der Waals surface area contributed by atoms with Gasteiger partial charge >= 0.3 is 5.63 Å². The van der Waals surface area contributed by atoms with Crippen LogP contribution in [-0.2, 0) is 6.54 Å². The minimum absolute atomic E-state index is 0.0354. The Hall–Kier alpha value is -4.27. The van der Waals surface area contributed by atoms with Gasteiger partial charge in [-0.05, 0) is 24.3 Å². The predicted molar refractivity (Wildman–Crippen MR) is 109 cm³/mol. The normalized spacial score (nSPS) is 11.9. The highest BCUT2D eigenvalue weighted by atomic mass is 19.1. The third-order valence-corrected chi connectivity index (χ3v) is 5.42. The minimum atomic E-state index is -0.720. The summed E-state index contributed by atoms with van der Waals surface area (Å²) < 4.78 is 41.7. The van der Waals surface area contributed by atoms with Crippen molar-refractivity contribution < 1.29 is 17.6 Å². The van der Waals surface area contributed by atoms with Crippen molar-refractivity contribution in [2.75, 3.05) is 0 Å². The third-order valence-electron chi connectivity index (χ3n) is 5.42. The van der Waals surface area contributed by atoms with E-state index in [1.807, 2.05) is 0 Å². The lowest BCUT2D eigenvalue weighted by Crippen LogP contribution is -2.13. The molecule has 0 aliphatic rings. The number of hydrogen-bond acceptors (Lipinski definition) is 5. The smallest absolute Gasteiger partial charge is 0.362 e. The van der Waals surface area contributed by atoms with Gasteiger partial charge in [-0.3, -0.25) is 4.79 Å². The van der Waals surface area contributed by atoms with Gasteiger partial charge in [-0.2, -0.15) is 0 Å². The third kappa shape index (κ3) is 2.40. The van der Waals surface area contributed by atoms with Gasteiger partial charge < -0.3 is 18.4 Å². The van der Waals surface area contributed by atoms with E-state index in [2.05, 4.69) is 9.97 Å². The number of furan rings is 1. The van der Waals surface area contributed by atoms with Crippen LogP contribution in [0.2, 0.25) is 0 Å². The number of benzene rings is 1. The zero-order valence-electron chi connectivity index (χ0n) is 15.6. The van der Waals surface area contributed by atoms with E-state index in [0.717, 1.165) is 12.3 Å². The lowest BCUT2D eigenvalue weighted by molar-refractivity contribution is 0.551. The van der Waals surface area contributed by atoms with E-state index in [0.29, 0.717) is 21.7 Å². The van der Waals surface area contributed by atoms with Crippen LogP contribution in [0.15, 0.2) is 67.4 Å². The number of rotatable bonds is 2. The van der Waals surface area contributed by atoms with Gasteiger partial charge in [0.25, 0.3) is 0 Å². The standard InChI is InChI=1S/C22H11F2N3O4/c23-13-7-15-18(20-11(13)3-5-30-20)17-12-2-1-4-25-21(12)31-22(29)19(17)27(15)9-10-6-16(28)26-8-14(10)24/h1-8H,9H2,(H,26,28). The number of fused-ring (bicyclic) bond motifs is 7. The van der Waals surface area contributed by atoms with Crippen molar-refractivity contribution in [3.63, 3.8) is 0 Å². The van der Waals surface area contributed by atoms with Crippen molar-refractivity contribution in [1.29, 1.82) is 0 Å². The number of hydrogen-bond donors (Lipinski definition) is 1. The molecule has 0 saturated carbocycles. The van der Waals surface area contributed by atoms with Gasteiger partial charge in [0.2, 0.25) is 11.3 Å². The first kappa shape index (κ1) is 17.6. The molecule has 9 heteroatoms. The number of aromatic nitrogens is 3. The Morgan fingerprint density at radius 2 is 1.94 bits per heavy atom. The molecule has 6 aromatic rings. The van der Waals surface area contributed by atoms with E-state index in [1.165, 1.54) is 29.2 Å². The molecule has 5 aromatic heterocycles. The first-order valence-electron chi connectivity index (χ1n) is 9.29. The second kappa shape index (κ2) is 6.11. The highest BCUT2D eigenvalue weighted by Gasteiger charge is 2.24. The molecular weight excluding hydrogens is 408 g/mol. The van der Waals surface area contributed by atoms with Crippen LogP contribution in [0.5, 0.6) is 0 Å². The molecule has 0 unspecified atom stereocenters. The number of pyridine rings is 2. The van der Waals surface area contributed by atoms with Gasteiger partial charge in [-0.15, -0.1) is 0 Å². The maximum absolute atomic E-state index is 14.8. The molecule has 0 bridgehead atoms. The van der Waals surface area contributed by atoms with Crippen LogP contribution in [0.1, 0.15) is 5.56 Å². The summed E-state index contributed by atoms with van der Waals surface area (Å²) >= 11 is 0. The van der Waals surface area contributed by atoms with E-state index in [4.69, 9.17) is 8.83 Å². The van der Waals surface area contributed by atoms with Crippen LogP contribution in [0.3, 0.4) is 0 Å². The first-order valence-corrected chi connectivity index (χ1v) is 9.29. The summed E-state index contributed by atoms with van der Waals surface area (Å²) in [7, 11) is 0. The van der Waals surface area contributed by atoms with Gasteiger partial charge in [-0.1, -0.05) is 0 Å². The Bertz CT molecular complexity index is 1790. The summed E-state index contributed by atoms with van der Waals surface area (Å²) in [5.74, 6) is -1.22. The largest absolute Gasteiger partial charge is 0.463 e. The van der Waals surface area contributed by atoms with Gasteiger partial charge in [0.15, 0.2) is 0 Å². The summed E-state index contributed by atoms with van der Waals surface area (Å²) in [4.78, 5) is 31.1. The summed E-state index contributed by atoms with van der Waals surface area (Å²) in [6, 6.07) is 7.27. The van der Waals surface area contributed by atoms with E-state index in [1.54, 1.807) is 12.1 Å². The minimum Gasteiger partial charge on any atom is -0.463 e. The van der Waals surface area contributed by atoms with Crippen molar-refractivity contribution in [2.24, 2.45) is 0 Å². The molecule has 5 heterocycles. The molecule has 1 N–H and O–H groups in total. The molecule has 0 aliphatic heterocycles. The van der Waals surface area contributed by atoms with E-state index >= 15 is 0 Å². The van der Waals surface area contributed by atoms with Crippen LogP contribution in [0.4, 0.5) is 8.78 Å². The molecule has 0 saturated heterocycles. The quantitative estimate of drug-likeness (QED) is 0.457. The highest BCUT2D eigenvalue weighted by molar-refractivity contribution is 6.25. The van der Waals surface area contributed by atoms with E-state index in [-0.39, 0.29) is 34.3 Å². The van der Waals surface area contributed by atoms with Gasteiger partial charge in [0, 0.05) is 34.8 Å². The number of aromatic amines is 1. The van der Waals surface area contributed by atoms with Crippen molar-refractivity contribution in [1.82, 2.24) is 14.5 Å². The van der Waals surface area contributed by atoms with Crippen LogP contribution < -0.4 is 11.2 Å². The summed E-state index contributed by atoms with van der Waals surface area (Å²) in [5.41, 5.74) is -0.419. The maximum atomic E-state index is 14.8. The topological polar surface area (TPSA) is 94.0 Å². The lowest BCUT2D eigenvalue weighted by atomic mass is 10.1. The molecule has 152 valence electrons. The Morgan fingerprint density at radius 1 is 1.06 bits per heavy atom. The molecule has 0 spiro atoms. The zero-order chi connectivity index (χ0) is 21.3. The Balaban J connectivity index is 1.86. The molecule has 1 aromatic carbocycles. The summed E-state index contributed by atoms with van der Waals surface area (Å²) in [6.07, 6.45) is 3.79. The van der Waals surface area contributed by atoms with Crippen LogP contribution in [0.25, 0.3) is 43.9 Å². The second-order valence-corrected chi connectivity index (χ2v) is 7.14. The maximum Gasteiger partial charge on any atom is 0.362 e. The SMILES string of the molecule is O=c1cc(Cn2c3cc(F)c4ccoc4c3c3c4cccnc4oc(=O)c32)c(F)c[nH]1. The fraction of sp³-hybridized carbons (Fsp3) is 0.0455. The van der Waals surface area contributed by atoms with Gasteiger partial charge in [0.1, 0.15) is 22.7 Å². The number of H-pyrrole nitrogens is 1. The fourth-order valence-electron chi connectivity index (χ4n) is 4.13. The highest BCUT2D eigenvalue weighted by Crippen LogP contribution is 2.38. The van der Waals surface area contributed by atoms with Gasteiger partial charge in [-0.25, -0.2) is 18.6 Å². The Kier molecular flexibility index (Phi) is 3.47. The Labute approximate surface area is 170 Å². The van der Waals surface area contributed by atoms with Gasteiger partial charge in [0.05, 0.1) is 29.1 Å². The molecule has 6 rings (SSSR count). The summed E-state index contributed by atoms with van der Waals surface area (Å²) in [5, 5.41) is 1.71.